The van der Waals surface area contributed by atoms with Gasteiger partial charge < -0.3 is 20.1 Å². The second-order valence-corrected chi connectivity index (χ2v) is 9.71. The maximum atomic E-state index is 13.6. The van der Waals surface area contributed by atoms with E-state index in [1.54, 1.807) is 24.7 Å². The number of carbonyl (C=O) groups is 1. The quantitative estimate of drug-likeness (QED) is 0.434. The molecule has 3 aliphatic rings. The molecule has 1 aromatic carbocycles. The van der Waals surface area contributed by atoms with Crippen LogP contribution in [0.1, 0.15) is 61.9 Å². The van der Waals surface area contributed by atoms with E-state index in [0.717, 1.165) is 4.90 Å². The number of fused-ring (bicyclic) bond motifs is 9. The number of halogens is 2. The van der Waals surface area contributed by atoms with Crippen LogP contribution in [-0.2, 0) is 10.3 Å². The molecule has 1 fully saturated rings. The summed E-state index contributed by atoms with van der Waals surface area (Å²) in [5.74, 6) is -1.20. The monoisotopic (exact) mass is 522 g/mol. The summed E-state index contributed by atoms with van der Waals surface area (Å²) >= 11 is 0. The molecule has 4 aromatic rings. The Morgan fingerprint density at radius 2 is 2.11 bits per heavy atom. The fourth-order valence-electron chi connectivity index (χ4n) is 5.68. The summed E-state index contributed by atoms with van der Waals surface area (Å²) < 4.78 is 63.0. The predicted molar refractivity (Wildman–Crippen MR) is 130 cm³/mol. The van der Waals surface area contributed by atoms with Gasteiger partial charge in [-0.3, -0.25) is 4.79 Å². The first kappa shape index (κ1) is 20.0. The van der Waals surface area contributed by atoms with Crippen molar-refractivity contribution in [1.82, 2.24) is 29.5 Å². The van der Waals surface area contributed by atoms with Crippen molar-refractivity contribution in [3.63, 3.8) is 0 Å². The van der Waals surface area contributed by atoms with Crippen molar-refractivity contribution in [3.8, 4) is 17.0 Å². The molecule has 7 rings (SSSR count). The molecule has 0 unspecified atom stereocenters. The zero-order chi connectivity index (χ0) is 28.7. The summed E-state index contributed by atoms with van der Waals surface area (Å²) in [4.78, 5) is 28.1. The topological polar surface area (TPSA) is 121 Å². The molecule has 1 aliphatic carbocycles. The summed E-state index contributed by atoms with van der Waals surface area (Å²) in [6.07, 6.45) is 5.63. The van der Waals surface area contributed by atoms with Crippen LogP contribution in [0.3, 0.4) is 0 Å². The molecule has 1 saturated heterocycles. The van der Waals surface area contributed by atoms with Crippen molar-refractivity contribution in [3.05, 3.63) is 71.1 Å². The molecule has 12 heteroatoms. The Kier molecular flexibility index (Phi) is 4.33. The fourth-order valence-corrected chi connectivity index (χ4v) is 5.68. The van der Waals surface area contributed by atoms with Crippen LogP contribution in [-0.4, -0.2) is 62.2 Å². The molecule has 0 radical (unpaired) electrons. The molecule has 1 amide bonds. The lowest BCUT2D eigenvalue weighted by Crippen LogP contribution is -2.38. The van der Waals surface area contributed by atoms with Gasteiger partial charge in [-0.1, -0.05) is 6.07 Å². The van der Waals surface area contributed by atoms with Gasteiger partial charge in [-0.05, 0) is 31.0 Å². The Morgan fingerprint density at radius 3 is 2.84 bits per heavy atom. The summed E-state index contributed by atoms with van der Waals surface area (Å²) in [6, 6.07) is 4.95. The first-order chi connectivity index (χ1) is 19.5. The van der Waals surface area contributed by atoms with Gasteiger partial charge in [0.1, 0.15) is 17.1 Å². The van der Waals surface area contributed by atoms with Gasteiger partial charge in [-0.15, -0.1) is 0 Å². The van der Waals surface area contributed by atoms with Gasteiger partial charge in [-0.25, -0.2) is 19.5 Å². The zero-order valence-corrected chi connectivity index (χ0v) is 19.8. The summed E-state index contributed by atoms with van der Waals surface area (Å²) in [6.45, 7) is -5.09. The molecule has 2 bridgehead atoms. The van der Waals surface area contributed by atoms with E-state index in [1.807, 2.05) is 0 Å². The maximum Gasteiger partial charge on any atom is 0.387 e. The van der Waals surface area contributed by atoms with Crippen molar-refractivity contribution in [2.75, 3.05) is 20.2 Å². The molecule has 5 heterocycles. The number of nitrogens with zero attached hydrogens (tertiary/aromatic N) is 6. The normalized spacial score (nSPS) is 25.6. The SMILES string of the molecule is [2H]C([2H])([2H])N1C(=O)c2cccc(OC(F)F)c2[C@H]2C[C@@H]1c1nn3ccc(-c4cnc([C@]5(N)CCOC5)nc4)nc3c12. The van der Waals surface area contributed by atoms with Crippen LogP contribution >= 0.6 is 0 Å². The van der Waals surface area contributed by atoms with Crippen LogP contribution in [0.25, 0.3) is 16.9 Å². The number of hydrogen-bond donors (Lipinski definition) is 1. The molecule has 0 saturated carbocycles. The lowest BCUT2D eigenvalue weighted by atomic mass is 9.89. The molecule has 3 atom stereocenters. The third-order valence-corrected chi connectivity index (χ3v) is 7.51. The van der Waals surface area contributed by atoms with E-state index in [9.17, 15) is 13.6 Å². The smallest absolute Gasteiger partial charge is 0.387 e. The van der Waals surface area contributed by atoms with E-state index in [1.165, 1.54) is 22.7 Å². The van der Waals surface area contributed by atoms with Crippen molar-refractivity contribution in [2.45, 2.75) is 37.0 Å². The Labute approximate surface area is 219 Å². The number of ether oxygens (including phenoxy) is 2. The van der Waals surface area contributed by atoms with Crippen LogP contribution in [0.15, 0.2) is 42.9 Å². The highest BCUT2D eigenvalue weighted by Gasteiger charge is 2.46. The van der Waals surface area contributed by atoms with E-state index in [-0.39, 0.29) is 23.3 Å². The summed E-state index contributed by atoms with van der Waals surface area (Å²) in [7, 11) is 0. The third kappa shape index (κ3) is 3.33. The Morgan fingerprint density at radius 1 is 1.26 bits per heavy atom. The summed E-state index contributed by atoms with van der Waals surface area (Å²) in [5.41, 5.74) is 8.22. The molecule has 2 aliphatic heterocycles. The van der Waals surface area contributed by atoms with E-state index in [2.05, 4.69) is 15.1 Å². The molecular formula is C26H23F2N7O3. The third-order valence-electron chi connectivity index (χ3n) is 7.51. The van der Waals surface area contributed by atoms with Crippen LogP contribution in [0.5, 0.6) is 5.75 Å². The standard InChI is InChI=1S/C26H23F2N7O3/c1-34-17-9-15(19-14(23(34)36)3-2-4-18(19)38-25(27)28)20-21(17)33-35-7-5-16(32-22(20)35)13-10-30-24(31-11-13)26(29)6-8-37-12-26/h2-5,7,10-11,15,17,25H,6,8-9,12,29H2,1H3/t15-,17-,26+/m1/s1/i1D3. The first-order valence-electron chi connectivity index (χ1n) is 13.6. The zero-order valence-electron chi connectivity index (χ0n) is 22.8. The number of nitrogens with two attached hydrogens (primary N) is 1. The molecule has 194 valence electrons. The van der Waals surface area contributed by atoms with Gasteiger partial charge in [-0.2, -0.15) is 13.9 Å². The Balaban J connectivity index is 1.38. The van der Waals surface area contributed by atoms with E-state index in [0.29, 0.717) is 53.6 Å². The Hall–Kier alpha value is -4.03. The van der Waals surface area contributed by atoms with Crippen LogP contribution in [0.2, 0.25) is 0 Å². The van der Waals surface area contributed by atoms with E-state index in [4.69, 9.17) is 24.3 Å². The fraction of sp³-hybridized carbons (Fsp3) is 0.346. The highest BCUT2D eigenvalue weighted by Crippen LogP contribution is 2.53. The van der Waals surface area contributed by atoms with Gasteiger partial charge in [0.2, 0.25) is 0 Å². The van der Waals surface area contributed by atoms with Crippen molar-refractivity contribution in [1.29, 1.82) is 0 Å². The number of rotatable bonds is 4. The van der Waals surface area contributed by atoms with Crippen LogP contribution in [0, 0.1) is 0 Å². The molecule has 10 nitrogen and oxygen atoms in total. The van der Waals surface area contributed by atoms with E-state index >= 15 is 0 Å². The molecule has 3 aromatic heterocycles. The van der Waals surface area contributed by atoms with Crippen LogP contribution in [0.4, 0.5) is 8.78 Å². The van der Waals surface area contributed by atoms with Crippen molar-refractivity contribution in [2.24, 2.45) is 5.73 Å². The average molecular weight is 523 g/mol. The highest BCUT2D eigenvalue weighted by molar-refractivity contribution is 5.98. The molecule has 0 spiro atoms. The lowest BCUT2D eigenvalue weighted by Gasteiger charge is -2.23. The predicted octanol–water partition coefficient (Wildman–Crippen LogP) is 3.02. The number of aromatic nitrogens is 5. The van der Waals surface area contributed by atoms with Gasteiger partial charge in [0, 0.05) is 64.5 Å². The highest BCUT2D eigenvalue weighted by atomic mass is 19.3. The second kappa shape index (κ2) is 8.23. The van der Waals surface area contributed by atoms with Crippen molar-refractivity contribution < 1.29 is 27.2 Å². The minimum absolute atomic E-state index is 0.0106. The number of benzene rings is 1. The van der Waals surface area contributed by atoms with Gasteiger partial charge in [0.25, 0.3) is 5.91 Å². The van der Waals surface area contributed by atoms with Gasteiger partial charge in [0.15, 0.2) is 5.65 Å². The molecule has 2 N–H and O–H groups in total. The first-order valence-corrected chi connectivity index (χ1v) is 12.1. The number of hydrogen-bond acceptors (Lipinski definition) is 8. The minimum Gasteiger partial charge on any atom is -0.434 e. The second-order valence-electron chi connectivity index (χ2n) is 9.71. The number of carbonyl (C=O) groups excluding carboxylic acids is 1. The number of alkyl halides is 2. The average Bonchev–Trinajstić information content (AvgIpc) is 3.60. The van der Waals surface area contributed by atoms with Gasteiger partial charge >= 0.3 is 6.61 Å². The van der Waals surface area contributed by atoms with E-state index < -0.39 is 37.0 Å². The maximum absolute atomic E-state index is 13.6. The van der Waals surface area contributed by atoms with Crippen molar-refractivity contribution >= 4 is 11.6 Å². The minimum atomic E-state index is -3.14. The lowest BCUT2D eigenvalue weighted by molar-refractivity contribution is -0.0505. The molecule has 38 heavy (non-hydrogen) atoms. The Bertz CT molecular complexity index is 1690. The van der Waals surface area contributed by atoms with Gasteiger partial charge in [0.05, 0.1) is 24.0 Å². The van der Waals surface area contributed by atoms with Crippen LogP contribution < -0.4 is 10.5 Å². The summed E-state index contributed by atoms with van der Waals surface area (Å²) in [5, 5.41) is 4.61. The largest absolute Gasteiger partial charge is 0.434 e. The number of amides is 1. The molecular weight excluding hydrogens is 496 g/mol.